The van der Waals surface area contributed by atoms with Gasteiger partial charge in [-0.1, -0.05) is 12.1 Å². The van der Waals surface area contributed by atoms with Gasteiger partial charge in [0.05, 0.1) is 5.52 Å². The molecule has 110 valence electrons. The van der Waals surface area contributed by atoms with Crippen molar-refractivity contribution in [3.8, 4) is 0 Å². The van der Waals surface area contributed by atoms with Crippen molar-refractivity contribution in [2.24, 2.45) is 5.92 Å². The maximum absolute atomic E-state index is 12.8. The Kier molecular flexibility index (Phi) is 4.15. The van der Waals surface area contributed by atoms with Gasteiger partial charge in [-0.05, 0) is 50.6 Å². The van der Waals surface area contributed by atoms with Crippen molar-refractivity contribution in [1.82, 2.24) is 15.2 Å². The zero-order valence-corrected chi connectivity index (χ0v) is 12.4. The molecule has 2 heterocycles. The van der Waals surface area contributed by atoms with Crippen LogP contribution in [0.2, 0.25) is 0 Å². The molecule has 1 aromatic carbocycles. The van der Waals surface area contributed by atoms with Crippen LogP contribution in [0.4, 0.5) is 0 Å². The second-order valence-electron chi connectivity index (χ2n) is 5.69. The fourth-order valence-corrected chi connectivity index (χ4v) is 3.16. The summed E-state index contributed by atoms with van der Waals surface area (Å²) in [5.74, 6) is 0.690. The highest BCUT2D eigenvalue weighted by Crippen LogP contribution is 2.22. The molecule has 1 N–H and O–H groups in total. The number of piperidine rings is 1. The number of carbonyl (C=O) groups is 1. The Bertz CT molecular complexity index is 633. The molecule has 2 aromatic rings. The predicted molar refractivity (Wildman–Crippen MR) is 84.3 cm³/mol. The van der Waals surface area contributed by atoms with Gasteiger partial charge in [-0.15, -0.1) is 0 Å². The van der Waals surface area contributed by atoms with Gasteiger partial charge in [0, 0.05) is 30.2 Å². The number of benzene rings is 1. The molecule has 0 spiro atoms. The Morgan fingerprint density at radius 2 is 2.29 bits per heavy atom. The van der Waals surface area contributed by atoms with E-state index in [1.165, 1.54) is 6.42 Å². The lowest BCUT2D eigenvalue weighted by Crippen LogP contribution is -2.42. The average Bonchev–Trinajstić information content (AvgIpc) is 2.54. The third-order valence-electron chi connectivity index (χ3n) is 4.18. The minimum absolute atomic E-state index is 0.134. The molecule has 0 saturated carbocycles. The van der Waals surface area contributed by atoms with Crippen LogP contribution in [0.5, 0.6) is 0 Å². The van der Waals surface area contributed by atoms with E-state index in [0.29, 0.717) is 5.92 Å². The number of likely N-dealkylation sites (tertiary alicyclic amines) is 1. The summed E-state index contributed by atoms with van der Waals surface area (Å²) in [4.78, 5) is 19.2. The number of rotatable bonds is 3. The third kappa shape index (κ3) is 2.90. The van der Waals surface area contributed by atoms with Crippen molar-refractivity contribution in [2.75, 3.05) is 26.7 Å². The lowest BCUT2D eigenvalue weighted by molar-refractivity contribution is 0.0676. The Labute approximate surface area is 125 Å². The summed E-state index contributed by atoms with van der Waals surface area (Å²) >= 11 is 0. The second-order valence-corrected chi connectivity index (χ2v) is 5.69. The molecule has 1 atom stereocenters. The van der Waals surface area contributed by atoms with Gasteiger partial charge in [0.25, 0.3) is 5.91 Å². The standard InChI is InChI=1S/C17H21N3O/c1-18-11-13-5-4-10-20(12-13)17(21)15-6-2-8-16-14(15)7-3-9-19-16/h2-3,6-9,13,18H,4-5,10-12H2,1H3. The molecule has 1 fully saturated rings. The van der Waals surface area contributed by atoms with E-state index in [1.54, 1.807) is 6.20 Å². The van der Waals surface area contributed by atoms with Crippen LogP contribution in [0.25, 0.3) is 10.9 Å². The van der Waals surface area contributed by atoms with E-state index in [-0.39, 0.29) is 5.91 Å². The average molecular weight is 283 g/mol. The molecule has 4 nitrogen and oxygen atoms in total. The molecule has 1 unspecified atom stereocenters. The van der Waals surface area contributed by atoms with Gasteiger partial charge in [-0.25, -0.2) is 0 Å². The van der Waals surface area contributed by atoms with Crippen LogP contribution >= 0.6 is 0 Å². The number of nitrogens with zero attached hydrogens (tertiary/aromatic N) is 2. The number of aromatic nitrogens is 1. The normalized spacial score (nSPS) is 18.9. The predicted octanol–water partition coefficient (Wildman–Crippen LogP) is 2.31. The minimum atomic E-state index is 0.134. The van der Waals surface area contributed by atoms with E-state index in [1.807, 2.05) is 42.3 Å². The van der Waals surface area contributed by atoms with Crippen LogP contribution in [0.1, 0.15) is 23.2 Å². The van der Waals surface area contributed by atoms with Gasteiger partial charge >= 0.3 is 0 Å². The van der Waals surface area contributed by atoms with E-state index in [2.05, 4.69) is 10.3 Å². The maximum atomic E-state index is 12.8. The summed E-state index contributed by atoms with van der Waals surface area (Å²) in [5.41, 5.74) is 1.65. The summed E-state index contributed by atoms with van der Waals surface area (Å²) in [6.45, 7) is 2.67. The topological polar surface area (TPSA) is 45.2 Å². The van der Waals surface area contributed by atoms with Gasteiger partial charge in [-0.2, -0.15) is 0 Å². The molecule has 3 rings (SSSR count). The molecule has 1 aliphatic heterocycles. The van der Waals surface area contributed by atoms with Gasteiger partial charge in [0.2, 0.25) is 0 Å². The number of fused-ring (bicyclic) bond motifs is 1. The lowest BCUT2D eigenvalue weighted by Gasteiger charge is -2.33. The van der Waals surface area contributed by atoms with Crippen molar-refractivity contribution < 1.29 is 4.79 Å². The first-order valence-electron chi connectivity index (χ1n) is 7.57. The van der Waals surface area contributed by atoms with Gasteiger partial charge in [0.1, 0.15) is 0 Å². The summed E-state index contributed by atoms with van der Waals surface area (Å²) in [6.07, 6.45) is 4.04. The van der Waals surface area contributed by atoms with Gasteiger partial charge in [0.15, 0.2) is 0 Å². The summed E-state index contributed by atoms with van der Waals surface area (Å²) in [5, 5.41) is 4.16. The molecule has 21 heavy (non-hydrogen) atoms. The van der Waals surface area contributed by atoms with E-state index >= 15 is 0 Å². The van der Waals surface area contributed by atoms with Gasteiger partial charge in [-0.3, -0.25) is 9.78 Å². The summed E-state index contributed by atoms with van der Waals surface area (Å²) in [6, 6.07) is 9.64. The first-order chi connectivity index (χ1) is 10.3. The molecule has 1 saturated heterocycles. The van der Waals surface area contributed by atoms with E-state index in [4.69, 9.17) is 0 Å². The monoisotopic (exact) mass is 283 g/mol. The summed E-state index contributed by atoms with van der Waals surface area (Å²) in [7, 11) is 1.97. The fraction of sp³-hybridized carbons (Fsp3) is 0.412. The highest BCUT2D eigenvalue weighted by Gasteiger charge is 2.24. The molecule has 0 bridgehead atoms. The molecular formula is C17H21N3O. The van der Waals surface area contributed by atoms with Crippen molar-refractivity contribution in [3.63, 3.8) is 0 Å². The molecule has 1 aromatic heterocycles. The molecule has 0 aliphatic carbocycles. The first kappa shape index (κ1) is 14.0. The Morgan fingerprint density at radius 3 is 3.14 bits per heavy atom. The molecule has 4 heteroatoms. The maximum Gasteiger partial charge on any atom is 0.254 e. The van der Waals surface area contributed by atoms with Crippen LogP contribution in [0.15, 0.2) is 36.5 Å². The van der Waals surface area contributed by atoms with E-state index in [0.717, 1.165) is 42.5 Å². The van der Waals surface area contributed by atoms with Crippen molar-refractivity contribution in [2.45, 2.75) is 12.8 Å². The molecular weight excluding hydrogens is 262 g/mol. The Balaban J connectivity index is 1.86. The van der Waals surface area contributed by atoms with Crippen molar-refractivity contribution in [3.05, 3.63) is 42.1 Å². The third-order valence-corrected chi connectivity index (χ3v) is 4.18. The molecule has 0 radical (unpaired) electrons. The van der Waals surface area contributed by atoms with E-state index < -0.39 is 0 Å². The number of hydrogen-bond acceptors (Lipinski definition) is 3. The van der Waals surface area contributed by atoms with Gasteiger partial charge < -0.3 is 10.2 Å². The van der Waals surface area contributed by atoms with Crippen molar-refractivity contribution >= 4 is 16.8 Å². The SMILES string of the molecule is CNCC1CCCN(C(=O)c2cccc3ncccc23)C1. The molecule has 1 amide bonds. The number of pyridine rings is 1. The van der Waals surface area contributed by atoms with Crippen molar-refractivity contribution in [1.29, 1.82) is 0 Å². The Hall–Kier alpha value is -1.94. The number of hydrogen-bond donors (Lipinski definition) is 1. The quantitative estimate of drug-likeness (QED) is 0.940. The minimum Gasteiger partial charge on any atom is -0.338 e. The Morgan fingerprint density at radius 1 is 1.38 bits per heavy atom. The first-order valence-corrected chi connectivity index (χ1v) is 7.57. The highest BCUT2D eigenvalue weighted by atomic mass is 16.2. The fourth-order valence-electron chi connectivity index (χ4n) is 3.16. The lowest BCUT2D eigenvalue weighted by atomic mass is 9.97. The number of carbonyl (C=O) groups excluding carboxylic acids is 1. The van der Waals surface area contributed by atoms with Crippen LogP contribution in [-0.4, -0.2) is 42.5 Å². The van der Waals surface area contributed by atoms with Crippen LogP contribution < -0.4 is 5.32 Å². The van der Waals surface area contributed by atoms with E-state index in [9.17, 15) is 4.79 Å². The van der Waals surface area contributed by atoms with Crippen LogP contribution in [0.3, 0.4) is 0 Å². The second kappa shape index (κ2) is 6.22. The van der Waals surface area contributed by atoms with Crippen LogP contribution in [-0.2, 0) is 0 Å². The smallest absolute Gasteiger partial charge is 0.254 e. The summed E-state index contributed by atoms with van der Waals surface area (Å²) < 4.78 is 0. The van der Waals surface area contributed by atoms with Crippen LogP contribution in [0, 0.1) is 5.92 Å². The number of nitrogens with one attached hydrogen (secondary N) is 1. The zero-order chi connectivity index (χ0) is 14.7. The highest BCUT2D eigenvalue weighted by molar-refractivity contribution is 6.06. The zero-order valence-electron chi connectivity index (χ0n) is 12.4. The number of amides is 1. The molecule has 1 aliphatic rings. The largest absolute Gasteiger partial charge is 0.338 e.